The highest BCUT2D eigenvalue weighted by molar-refractivity contribution is 7.80. The van der Waals surface area contributed by atoms with Gasteiger partial charge in [-0.1, -0.05) is 30.3 Å². The molecule has 2 heterocycles. The van der Waals surface area contributed by atoms with Crippen LogP contribution in [0.25, 0.3) is 6.08 Å². The highest BCUT2D eigenvalue weighted by Gasteiger charge is 2.39. The van der Waals surface area contributed by atoms with E-state index in [9.17, 15) is 24.8 Å². The molecule has 2 aliphatic rings. The second-order valence-corrected chi connectivity index (χ2v) is 7.64. The maximum absolute atomic E-state index is 13.3. The molecular formula is C23H19N5O6S. The minimum atomic E-state index is -1.12. The van der Waals surface area contributed by atoms with Gasteiger partial charge < -0.3 is 9.94 Å². The molecule has 0 saturated carbocycles. The van der Waals surface area contributed by atoms with Crippen molar-refractivity contribution in [1.29, 1.82) is 0 Å². The quantitative estimate of drug-likeness (QED) is 0.234. The molecule has 2 aromatic carbocycles. The molecule has 11 nitrogen and oxygen atoms in total. The topological polar surface area (TPSA) is 139 Å². The molecule has 2 aromatic rings. The zero-order chi connectivity index (χ0) is 25.1. The summed E-state index contributed by atoms with van der Waals surface area (Å²) in [7, 11) is 0. The fourth-order valence-electron chi connectivity index (χ4n) is 3.38. The lowest BCUT2D eigenvalue weighted by molar-refractivity contribution is -0.991. The molecule has 0 aliphatic carbocycles. The number of thiocarbonyl (C=S) groups is 1. The number of hydrogen-bond acceptors (Lipinski definition) is 8. The molecule has 0 radical (unpaired) electrons. The van der Waals surface area contributed by atoms with E-state index in [1.54, 1.807) is 43.3 Å². The third kappa shape index (κ3) is 4.85. The van der Waals surface area contributed by atoms with Gasteiger partial charge in [0.05, 0.1) is 17.9 Å². The van der Waals surface area contributed by atoms with Crippen LogP contribution in [-0.4, -0.2) is 45.3 Å². The zero-order valence-electron chi connectivity index (χ0n) is 18.3. The summed E-state index contributed by atoms with van der Waals surface area (Å²) in [5.41, 5.74) is 0.547. The Bertz CT molecular complexity index is 1300. The Balaban J connectivity index is 1.77. The average Bonchev–Trinajstić information content (AvgIpc) is 3.31. The van der Waals surface area contributed by atoms with Crippen LogP contribution in [0.3, 0.4) is 0 Å². The number of hydrogen-bond donors (Lipinski definition) is 3. The second-order valence-electron chi connectivity index (χ2n) is 7.25. The molecule has 4 rings (SSSR count). The molecule has 12 heteroatoms. The van der Waals surface area contributed by atoms with Crippen LogP contribution in [0.2, 0.25) is 0 Å². The van der Waals surface area contributed by atoms with Crippen molar-refractivity contribution >= 4 is 58.3 Å². The van der Waals surface area contributed by atoms with Crippen LogP contribution < -0.4 is 15.6 Å². The van der Waals surface area contributed by atoms with Gasteiger partial charge in [-0.25, -0.2) is 10.0 Å². The molecular weight excluding hydrogens is 474 g/mol. The van der Waals surface area contributed by atoms with Gasteiger partial charge in [0.2, 0.25) is 0 Å². The van der Waals surface area contributed by atoms with Gasteiger partial charge >= 0.3 is 5.97 Å². The van der Waals surface area contributed by atoms with Gasteiger partial charge in [-0.05, 0) is 42.9 Å². The van der Waals surface area contributed by atoms with Crippen LogP contribution in [0.1, 0.15) is 12.5 Å². The van der Waals surface area contributed by atoms with Gasteiger partial charge in [-0.3, -0.25) is 19.8 Å². The normalized spacial score (nSPS) is 18.8. The molecule has 1 fully saturated rings. The van der Waals surface area contributed by atoms with E-state index in [-0.39, 0.29) is 34.4 Å². The Kier molecular flexibility index (Phi) is 6.80. The van der Waals surface area contributed by atoms with Crippen LogP contribution in [0.15, 0.2) is 77.2 Å². The Morgan fingerprint density at radius 1 is 1.23 bits per heavy atom. The molecule has 178 valence electrons. The monoisotopic (exact) mass is 493 g/mol. The Morgan fingerprint density at radius 3 is 2.66 bits per heavy atom. The number of nitrogens with zero attached hydrogens (tertiary/aromatic N) is 3. The van der Waals surface area contributed by atoms with Crippen molar-refractivity contribution in [2.45, 2.75) is 6.92 Å². The summed E-state index contributed by atoms with van der Waals surface area (Å²) in [6, 6.07) is 14.5. The summed E-state index contributed by atoms with van der Waals surface area (Å²) in [6.45, 7) is 1.69. The van der Waals surface area contributed by atoms with Crippen molar-refractivity contribution in [3.8, 4) is 0 Å². The van der Waals surface area contributed by atoms with E-state index in [1.165, 1.54) is 35.4 Å². The lowest BCUT2D eigenvalue weighted by atomic mass is 10.1. The predicted molar refractivity (Wildman–Crippen MR) is 129 cm³/mol. The number of carbonyl (C=O) groups excluding carboxylic acids is 3. The van der Waals surface area contributed by atoms with Crippen molar-refractivity contribution < 1.29 is 29.6 Å². The number of esters is 1. The number of rotatable bonds is 6. The van der Waals surface area contributed by atoms with Gasteiger partial charge in [0, 0.05) is 18.3 Å². The molecule has 3 N–H and O–H groups in total. The van der Waals surface area contributed by atoms with Gasteiger partial charge in [0.1, 0.15) is 5.70 Å². The summed E-state index contributed by atoms with van der Waals surface area (Å²) in [5, 5.41) is 27.1. The highest BCUT2D eigenvalue weighted by atomic mass is 32.1. The van der Waals surface area contributed by atoms with E-state index in [4.69, 9.17) is 17.0 Å². The average molecular weight is 494 g/mol. The van der Waals surface area contributed by atoms with Crippen LogP contribution in [0, 0.1) is 5.21 Å². The number of amides is 2. The lowest BCUT2D eigenvalue weighted by Crippen LogP contribution is -2.99. The number of nitrogens with one attached hydrogen (secondary N) is 2. The van der Waals surface area contributed by atoms with Crippen molar-refractivity contribution in [2.75, 3.05) is 11.6 Å². The van der Waals surface area contributed by atoms with E-state index >= 15 is 0 Å². The summed E-state index contributed by atoms with van der Waals surface area (Å²) in [4.78, 5) is 39.7. The van der Waals surface area contributed by atoms with Crippen LogP contribution >= 0.6 is 12.2 Å². The number of hydrazone groups is 1. The molecule has 0 spiro atoms. The van der Waals surface area contributed by atoms with Crippen molar-refractivity contribution in [2.24, 2.45) is 5.10 Å². The predicted octanol–water partition coefficient (Wildman–Crippen LogP) is 0.997. The molecule has 1 atom stereocenters. The van der Waals surface area contributed by atoms with Gasteiger partial charge in [0.15, 0.2) is 16.5 Å². The molecule has 2 amide bonds. The number of quaternary nitrogens is 1. The van der Waals surface area contributed by atoms with E-state index in [2.05, 4.69) is 10.4 Å². The summed E-state index contributed by atoms with van der Waals surface area (Å²) < 4.78 is 5.07. The van der Waals surface area contributed by atoms with E-state index < -0.39 is 23.0 Å². The third-order valence-corrected chi connectivity index (χ3v) is 5.27. The van der Waals surface area contributed by atoms with E-state index in [0.717, 1.165) is 5.01 Å². The van der Waals surface area contributed by atoms with Crippen LogP contribution in [-0.2, 0) is 19.1 Å². The molecule has 0 aromatic heterocycles. The number of para-hydroxylation sites is 1. The first-order valence-corrected chi connectivity index (χ1v) is 10.8. The van der Waals surface area contributed by atoms with Gasteiger partial charge in [-0.15, -0.1) is 0 Å². The molecule has 35 heavy (non-hydrogen) atoms. The molecule has 0 bridgehead atoms. The second kappa shape index (κ2) is 9.95. The summed E-state index contributed by atoms with van der Waals surface area (Å²) in [6.07, 6.45) is 2.67. The molecule has 1 saturated heterocycles. The first-order chi connectivity index (χ1) is 16.8. The smallest absolute Gasteiger partial charge is 0.359 e. The lowest BCUT2D eigenvalue weighted by Gasteiger charge is -2.15. The zero-order valence-corrected chi connectivity index (χ0v) is 19.1. The van der Waals surface area contributed by atoms with E-state index in [0.29, 0.717) is 11.3 Å². The minimum absolute atomic E-state index is 0.0270. The Morgan fingerprint density at radius 2 is 1.97 bits per heavy atom. The van der Waals surface area contributed by atoms with Gasteiger partial charge in [0.25, 0.3) is 11.8 Å². The SMILES string of the molecule is CCOC(=O)C1=NN(c2ccccc2)C(=O)/C1=C/N1C(=S)NC(=O)/C1=C\c1cccc([NH+]([O-])O)c1. The molecule has 2 aliphatic heterocycles. The number of anilines is 1. The summed E-state index contributed by atoms with van der Waals surface area (Å²) in [5.74, 6) is -1.99. The number of ether oxygens (including phenoxy) is 1. The standard InChI is InChI=1S/C23H19N5O6S/c1-2-34-22(31)19-17(21(30)27(25-19)15-8-4-3-5-9-15)13-26-18(20(29)24-23(26)35)12-14-7-6-10-16(11-14)28(32)33/h3-13,28,32H,2H2,1H3,(H,24,29,35)/b17-13+,18-12+. The van der Waals surface area contributed by atoms with Crippen LogP contribution in [0.4, 0.5) is 11.4 Å². The van der Waals surface area contributed by atoms with Gasteiger partial charge in [-0.2, -0.15) is 15.3 Å². The van der Waals surface area contributed by atoms with Crippen molar-refractivity contribution in [3.63, 3.8) is 0 Å². The van der Waals surface area contributed by atoms with E-state index in [1.807, 2.05) is 0 Å². The third-order valence-electron chi connectivity index (χ3n) is 4.97. The first kappa shape index (κ1) is 23.9. The summed E-state index contributed by atoms with van der Waals surface area (Å²) >= 11 is 5.26. The maximum atomic E-state index is 13.3. The maximum Gasteiger partial charge on any atom is 0.359 e. The fraction of sp³-hybridized carbons (Fsp3) is 0.0870. The number of benzene rings is 2. The minimum Gasteiger partial charge on any atom is -0.595 e. The van der Waals surface area contributed by atoms with Crippen molar-refractivity contribution in [3.05, 3.63) is 82.8 Å². The first-order valence-electron chi connectivity index (χ1n) is 10.4. The van der Waals surface area contributed by atoms with Crippen molar-refractivity contribution in [1.82, 2.24) is 10.2 Å². The highest BCUT2D eigenvalue weighted by Crippen LogP contribution is 2.27. The number of carbonyl (C=O) groups is 3. The Labute approximate surface area is 204 Å². The largest absolute Gasteiger partial charge is 0.595 e. The van der Waals surface area contributed by atoms with Crippen LogP contribution in [0.5, 0.6) is 0 Å². The Hall–Kier alpha value is -4.23. The fourth-order valence-corrected chi connectivity index (χ4v) is 3.62. The molecule has 1 unspecified atom stereocenters.